The number of fused-ring (bicyclic) bond motifs is 1. The Morgan fingerprint density at radius 1 is 1.26 bits per heavy atom. The quantitative estimate of drug-likeness (QED) is 0.680. The van der Waals surface area contributed by atoms with E-state index in [4.69, 9.17) is 0 Å². The van der Waals surface area contributed by atoms with E-state index < -0.39 is 24.2 Å². The van der Waals surface area contributed by atoms with E-state index in [1.165, 1.54) is 11.0 Å². The Morgan fingerprint density at radius 2 is 1.97 bits per heavy atom. The first-order valence-electron chi connectivity index (χ1n) is 9.86. The van der Waals surface area contributed by atoms with Crippen LogP contribution in [0.2, 0.25) is 0 Å². The summed E-state index contributed by atoms with van der Waals surface area (Å²) in [7, 11) is 3.38. The van der Waals surface area contributed by atoms with Gasteiger partial charge in [0.15, 0.2) is 11.7 Å². The minimum atomic E-state index is -4.49. The molecule has 1 aliphatic heterocycles. The van der Waals surface area contributed by atoms with Crippen LogP contribution in [-0.2, 0) is 13.6 Å². The normalized spacial score (nSPS) is 18.4. The number of hydrogen-bond acceptors (Lipinski definition) is 4. The number of carbonyl (C=O) groups excluding carboxylic acids is 1. The molecule has 1 amide bonds. The van der Waals surface area contributed by atoms with Crippen molar-refractivity contribution in [1.82, 2.24) is 24.5 Å². The first kappa shape index (κ1) is 21.0. The first-order valence-corrected chi connectivity index (χ1v) is 9.86. The molecular formula is C21H23F3N6O. The van der Waals surface area contributed by atoms with Crippen molar-refractivity contribution >= 4 is 11.7 Å². The van der Waals surface area contributed by atoms with Crippen LogP contribution in [-0.4, -0.2) is 43.6 Å². The van der Waals surface area contributed by atoms with Crippen LogP contribution in [0.15, 0.2) is 42.6 Å². The molecule has 0 unspecified atom stereocenters. The number of aryl methyl sites for hydroxylation is 2. The molecule has 0 fully saturated rings. The molecule has 0 aliphatic carbocycles. The number of anilines is 1. The summed E-state index contributed by atoms with van der Waals surface area (Å²) in [5, 5.41) is 11.4. The van der Waals surface area contributed by atoms with Gasteiger partial charge in [-0.25, -0.2) is 4.68 Å². The number of amides is 1. The van der Waals surface area contributed by atoms with Gasteiger partial charge in [-0.2, -0.15) is 23.4 Å². The molecule has 0 radical (unpaired) electrons. The molecule has 31 heavy (non-hydrogen) atoms. The summed E-state index contributed by atoms with van der Waals surface area (Å²) in [4.78, 5) is 14.3. The van der Waals surface area contributed by atoms with Gasteiger partial charge in [0.1, 0.15) is 5.82 Å². The molecule has 4 rings (SSSR count). The number of rotatable bonds is 4. The second-order valence-corrected chi connectivity index (χ2v) is 7.83. The van der Waals surface area contributed by atoms with Gasteiger partial charge in [0, 0.05) is 44.9 Å². The standard InChI is InChI=1S/C21H23F3N6O/c1-13-15(12-29(3)26-13)11-28(2)20(31)17-10-19-25-16(14-7-5-4-6-8-14)9-18(21(22,23)24)30(19)27-17/h4-8,10,12,16,18,25H,9,11H2,1-3H3/t16-,18+/m0/s1. The molecule has 164 valence electrons. The van der Waals surface area contributed by atoms with Crippen molar-refractivity contribution in [3.8, 4) is 0 Å². The lowest BCUT2D eigenvalue weighted by molar-refractivity contribution is -0.173. The second-order valence-electron chi connectivity index (χ2n) is 7.83. The predicted molar refractivity (Wildman–Crippen MR) is 108 cm³/mol. The Bertz CT molecular complexity index is 1090. The van der Waals surface area contributed by atoms with Crippen molar-refractivity contribution in [3.63, 3.8) is 0 Å². The Morgan fingerprint density at radius 3 is 2.58 bits per heavy atom. The van der Waals surface area contributed by atoms with Gasteiger partial charge in [-0.1, -0.05) is 30.3 Å². The number of nitrogens with one attached hydrogen (secondary N) is 1. The molecule has 1 N–H and O–H groups in total. The summed E-state index contributed by atoms with van der Waals surface area (Å²) >= 11 is 0. The zero-order chi connectivity index (χ0) is 22.3. The van der Waals surface area contributed by atoms with E-state index in [0.29, 0.717) is 0 Å². The lowest BCUT2D eigenvalue weighted by atomic mass is 9.97. The zero-order valence-electron chi connectivity index (χ0n) is 17.4. The smallest absolute Gasteiger partial charge is 0.363 e. The summed E-state index contributed by atoms with van der Waals surface area (Å²) in [6.45, 7) is 2.12. The Kier molecular flexibility index (Phi) is 5.24. The molecule has 3 heterocycles. The van der Waals surface area contributed by atoms with Crippen LogP contribution in [0.25, 0.3) is 0 Å². The van der Waals surface area contributed by atoms with E-state index in [-0.39, 0.29) is 24.5 Å². The van der Waals surface area contributed by atoms with Crippen molar-refractivity contribution in [2.45, 2.75) is 38.1 Å². The molecule has 10 heteroatoms. The fraction of sp³-hybridized carbons (Fsp3) is 0.381. The van der Waals surface area contributed by atoms with Crippen LogP contribution in [0, 0.1) is 6.92 Å². The number of benzene rings is 1. The second kappa shape index (κ2) is 7.75. The van der Waals surface area contributed by atoms with E-state index in [9.17, 15) is 18.0 Å². The van der Waals surface area contributed by atoms with E-state index in [1.54, 1.807) is 43.0 Å². The molecule has 1 aromatic carbocycles. The number of carbonyl (C=O) groups is 1. The van der Waals surface area contributed by atoms with E-state index >= 15 is 0 Å². The number of aromatic nitrogens is 4. The van der Waals surface area contributed by atoms with Gasteiger partial charge in [0.2, 0.25) is 0 Å². The molecule has 7 nitrogen and oxygen atoms in total. The monoisotopic (exact) mass is 432 g/mol. The van der Waals surface area contributed by atoms with Gasteiger partial charge in [0.05, 0.1) is 11.7 Å². The van der Waals surface area contributed by atoms with Crippen molar-refractivity contribution in [1.29, 1.82) is 0 Å². The lowest BCUT2D eigenvalue weighted by Gasteiger charge is -2.33. The van der Waals surface area contributed by atoms with Crippen LogP contribution >= 0.6 is 0 Å². The maximum Gasteiger partial charge on any atom is 0.410 e. The van der Waals surface area contributed by atoms with E-state index in [0.717, 1.165) is 21.5 Å². The highest BCUT2D eigenvalue weighted by molar-refractivity contribution is 5.93. The predicted octanol–water partition coefficient (Wildman–Crippen LogP) is 3.86. The molecule has 0 spiro atoms. The highest BCUT2D eigenvalue weighted by Gasteiger charge is 2.46. The molecular weight excluding hydrogens is 409 g/mol. The third-order valence-corrected chi connectivity index (χ3v) is 5.48. The molecule has 2 atom stereocenters. The van der Waals surface area contributed by atoms with Gasteiger partial charge < -0.3 is 10.2 Å². The van der Waals surface area contributed by atoms with Crippen molar-refractivity contribution in [2.75, 3.05) is 12.4 Å². The Balaban J connectivity index is 1.61. The van der Waals surface area contributed by atoms with Crippen molar-refractivity contribution in [3.05, 3.63) is 65.1 Å². The van der Waals surface area contributed by atoms with Crippen LogP contribution in [0.3, 0.4) is 0 Å². The zero-order valence-corrected chi connectivity index (χ0v) is 17.4. The summed E-state index contributed by atoms with van der Waals surface area (Å²) in [5.41, 5.74) is 2.37. The van der Waals surface area contributed by atoms with E-state index in [2.05, 4.69) is 15.5 Å². The molecule has 0 bridgehead atoms. The first-order chi connectivity index (χ1) is 14.6. The van der Waals surface area contributed by atoms with Crippen LogP contribution in [0.1, 0.15) is 45.8 Å². The minimum absolute atomic E-state index is 0.0329. The number of hydrogen-bond donors (Lipinski definition) is 1. The molecule has 1 aliphatic rings. The maximum absolute atomic E-state index is 13.8. The van der Waals surface area contributed by atoms with Gasteiger partial charge in [0.25, 0.3) is 5.91 Å². The molecule has 0 saturated carbocycles. The average Bonchev–Trinajstić information content (AvgIpc) is 3.28. The number of halogens is 3. The SMILES string of the molecule is Cc1nn(C)cc1CN(C)C(=O)c1cc2n(n1)[C@@H](C(F)(F)F)C[C@@H](c1ccccc1)N2. The lowest BCUT2D eigenvalue weighted by Crippen LogP contribution is -2.35. The summed E-state index contributed by atoms with van der Waals surface area (Å²) < 4.78 is 44.0. The van der Waals surface area contributed by atoms with Crippen molar-refractivity contribution in [2.24, 2.45) is 7.05 Å². The van der Waals surface area contributed by atoms with Gasteiger partial charge in [-0.3, -0.25) is 9.48 Å². The summed E-state index contributed by atoms with van der Waals surface area (Å²) in [5.74, 6) is -0.277. The molecule has 0 saturated heterocycles. The van der Waals surface area contributed by atoms with Gasteiger partial charge >= 0.3 is 6.18 Å². The van der Waals surface area contributed by atoms with Crippen LogP contribution in [0.4, 0.5) is 19.0 Å². The number of nitrogens with zero attached hydrogens (tertiary/aromatic N) is 5. The highest BCUT2D eigenvalue weighted by Crippen LogP contribution is 2.43. The van der Waals surface area contributed by atoms with Crippen molar-refractivity contribution < 1.29 is 18.0 Å². The largest absolute Gasteiger partial charge is 0.410 e. The third kappa shape index (κ3) is 4.14. The average molecular weight is 432 g/mol. The molecule has 3 aromatic rings. The number of alkyl halides is 3. The highest BCUT2D eigenvalue weighted by atomic mass is 19.4. The Hall–Kier alpha value is -3.30. The maximum atomic E-state index is 13.8. The fourth-order valence-electron chi connectivity index (χ4n) is 3.91. The fourth-order valence-corrected chi connectivity index (χ4v) is 3.91. The summed E-state index contributed by atoms with van der Waals surface area (Å²) in [6, 6.07) is 8.00. The van der Waals surface area contributed by atoms with Crippen LogP contribution in [0.5, 0.6) is 0 Å². The van der Waals surface area contributed by atoms with Crippen LogP contribution < -0.4 is 5.32 Å². The molecule has 2 aromatic heterocycles. The summed E-state index contributed by atoms with van der Waals surface area (Å²) in [6.07, 6.45) is -2.89. The third-order valence-electron chi connectivity index (χ3n) is 5.48. The van der Waals surface area contributed by atoms with Gasteiger partial charge in [-0.15, -0.1) is 0 Å². The minimum Gasteiger partial charge on any atom is -0.363 e. The Labute approximate surface area is 177 Å². The van der Waals surface area contributed by atoms with Gasteiger partial charge in [-0.05, 0) is 12.5 Å². The van der Waals surface area contributed by atoms with E-state index in [1.807, 2.05) is 19.2 Å². The topological polar surface area (TPSA) is 68.0 Å².